The van der Waals surface area contributed by atoms with Crippen molar-refractivity contribution >= 4 is 45.1 Å². The zero-order valence-corrected chi connectivity index (χ0v) is 19.2. The Morgan fingerprint density at radius 2 is 1.68 bits per heavy atom. The van der Waals surface area contributed by atoms with E-state index >= 15 is 0 Å². The monoisotopic (exact) mass is 463 g/mol. The molecule has 10 heteroatoms. The minimum Gasteiger partial charge on any atom is -0.336 e. The molecule has 0 aromatic heterocycles. The number of nitrogens with zero attached hydrogens (tertiary/aromatic N) is 1. The first-order valence-electron chi connectivity index (χ1n) is 9.41. The number of carbonyl (C=O) groups is 3. The van der Waals surface area contributed by atoms with Gasteiger partial charge in [0.1, 0.15) is 0 Å². The first-order chi connectivity index (χ1) is 14.6. The second-order valence-corrected chi connectivity index (χ2v) is 9.34. The van der Waals surface area contributed by atoms with Crippen LogP contribution in [0.25, 0.3) is 0 Å². The lowest BCUT2D eigenvalue weighted by molar-refractivity contribution is -0.133. The number of rotatable bonds is 10. The molecule has 8 nitrogen and oxygen atoms in total. The van der Waals surface area contributed by atoms with Crippen molar-refractivity contribution in [2.24, 2.45) is 0 Å². The van der Waals surface area contributed by atoms with Crippen molar-refractivity contribution in [3.05, 3.63) is 54.1 Å². The molecule has 0 unspecified atom stereocenters. The molecule has 166 valence electrons. The van der Waals surface area contributed by atoms with Gasteiger partial charge in [0.25, 0.3) is 0 Å². The molecule has 0 aliphatic rings. The third-order valence-corrected chi connectivity index (χ3v) is 6.66. The maximum absolute atomic E-state index is 12.3. The van der Waals surface area contributed by atoms with E-state index in [2.05, 4.69) is 10.0 Å². The quantitative estimate of drug-likeness (QED) is 0.413. The van der Waals surface area contributed by atoms with Gasteiger partial charge in [-0.3, -0.25) is 14.4 Å². The van der Waals surface area contributed by atoms with Gasteiger partial charge >= 0.3 is 0 Å². The highest BCUT2D eigenvalue weighted by Crippen LogP contribution is 2.24. The Morgan fingerprint density at radius 1 is 1.03 bits per heavy atom. The third-order valence-electron chi connectivity index (χ3n) is 4.39. The third kappa shape index (κ3) is 7.20. The topological polar surface area (TPSA) is 113 Å². The predicted molar refractivity (Wildman–Crippen MR) is 121 cm³/mol. The molecule has 0 radical (unpaired) electrons. The molecule has 2 rings (SSSR count). The molecule has 0 heterocycles. The highest BCUT2D eigenvalue weighted by atomic mass is 32.2. The molecular weight excluding hydrogens is 438 g/mol. The summed E-state index contributed by atoms with van der Waals surface area (Å²) in [5.74, 6) is -0.877. The Bertz CT molecular complexity index is 1050. The molecule has 2 N–H and O–H groups in total. The summed E-state index contributed by atoms with van der Waals surface area (Å²) in [6, 6.07) is 12.9. The van der Waals surface area contributed by atoms with E-state index in [1.165, 1.54) is 54.9 Å². The van der Waals surface area contributed by atoms with Crippen LogP contribution in [0.4, 0.5) is 5.69 Å². The summed E-state index contributed by atoms with van der Waals surface area (Å²) in [5, 5.41) is 2.77. The van der Waals surface area contributed by atoms with Gasteiger partial charge in [0.05, 0.1) is 17.1 Å². The second-order valence-electron chi connectivity index (χ2n) is 6.73. The Hall–Kier alpha value is -2.69. The molecule has 0 aliphatic carbocycles. The first kappa shape index (κ1) is 24.6. The van der Waals surface area contributed by atoms with Gasteiger partial charge in [-0.05, 0) is 37.4 Å². The second kappa shape index (κ2) is 11.1. The average Bonchev–Trinajstić information content (AvgIpc) is 2.73. The van der Waals surface area contributed by atoms with Crippen molar-refractivity contribution in [2.75, 3.05) is 31.7 Å². The Balaban J connectivity index is 1.84. The van der Waals surface area contributed by atoms with Gasteiger partial charge in [0.2, 0.25) is 21.8 Å². The summed E-state index contributed by atoms with van der Waals surface area (Å²) in [4.78, 5) is 38.0. The van der Waals surface area contributed by atoms with E-state index in [1.807, 2.05) is 24.5 Å². The summed E-state index contributed by atoms with van der Waals surface area (Å²) in [6.07, 6.45) is 1.80. The molecular formula is C21H25N3O5S2. The molecule has 0 saturated carbocycles. The number of thioether (sulfide) groups is 1. The summed E-state index contributed by atoms with van der Waals surface area (Å²) >= 11 is 1.50. The van der Waals surface area contributed by atoms with Gasteiger partial charge in [-0.25, -0.2) is 13.1 Å². The molecule has 2 aromatic carbocycles. The smallest absolute Gasteiger partial charge is 0.244 e. The molecule has 2 amide bonds. The lowest BCUT2D eigenvalue weighted by atomic mass is 10.2. The SMILES string of the molecule is CSc1ccccc1NC(=O)CN(C)C(=O)CCNS(=O)(=O)c1ccc(C(C)=O)cc1. The maximum atomic E-state index is 12.3. The number of Topliss-reactive ketones (excluding diaryl/α,β-unsaturated/α-hetero) is 1. The van der Waals surface area contributed by atoms with Crippen LogP contribution in [0.1, 0.15) is 23.7 Å². The number of hydrogen-bond acceptors (Lipinski definition) is 6. The van der Waals surface area contributed by atoms with E-state index in [-0.39, 0.29) is 42.0 Å². The molecule has 2 aromatic rings. The summed E-state index contributed by atoms with van der Waals surface area (Å²) < 4.78 is 27.0. The van der Waals surface area contributed by atoms with E-state index in [9.17, 15) is 22.8 Å². The van der Waals surface area contributed by atoms with E-state index < -0.39 is 10.0 Å². The lowest BCUT2D eigenvalue weighted by Gasteiger charge is -2.17. The highest BCUT2D eigenvalue weighted by molar-refractivity contribution is 7.98. The van der Waals surface area contributed by atoms with E-state index in [1.54, 1.807) is 6.07 Å². The number of sulfonamides is 1. The minimum atomic E-state index is -3.81. The van der Waals surface area contributed by atoms with Gasteiger partial charge in [-0.1, -0.05) is 24.3 Å². The molecule has 0 bridgehead atoms. The standard InChI is InChI=1S/C21H25N3O5S2/c1-15(25)16-8-10-17(11-9-16)31(28,29)22-13-12-21(27)24(2)14-20(26)23-18-6-4-5-7-19(18)30-3/h4-11,22H,12-14H2,1-3H3,(H,23,26). The molecule has 0 atom stereocenters. The predicted octanol–water partition coefficient (Wildman–Crippen LogP) is 2.38. The van der Waals surface area contributed by atoms with Crippen LogP contribution in [0.5, 0.6) is 0 Å². The number of ketones is 1. The zero-order chi connectivity index (χ0) is 23.0. The van der Waals surface area contributed by atoms with Crippen LogP contribution in [-0.2, 0) is 19.6 Å². The highest BCUT2D eigenvalue weighted by Gasteiger charge is 2.17. The first-order valence-corrected chi connectivity index (χ1v) is 12.1. The lowest BCUT2D eigenvalue weighted by Crippen LogP contribution is -2.37. The number of amides is 2. The fraction of sp³-hybridized carbons (Fsp3) is 0.286. The van der Waals surface area contributed by atoms with E-state index in [4.69, 9.17) is 0 Å². The summed E-state index contributed by atoms with van der Waals surface area (Å²) in [5.41, 5.74) is 1.08. The number of anilines is 1. The molecule has 0 spiro atoms. The Kier molecular flexibility index (Phi) is 8.78. The Morgan fingerprint density at radius 3 is 2.29 bits per heavy atom. The normalized spacial score (nSPS) is 11.1. The van der Waals surface area contributed by atoms with Gasteiger partial charge in [0.15, 0.2) is 5.78 Å². The van der Waals surface area contributed by atoms with Gasteiger partial charge < -0.3 is 10.2 Å². The van der Waals surface area contributed by atoms with Gasteiger partial charge in [0, 0.05) is 30.5 Å². The molecule has 31 heavy (non-hydrogen) atoms. The van der Waals surface area contributed by atoms with Crippen LogP contribution in [0.2, 0.25) is 0 Å². The van der Waals surface area contributed by atoms with Crippen molar-refractivity contribution in [1.29, 1.82) is 0 Å². The largest absolute Gasteiger partial charge is 0.336 e. The van der Waals surface area contributed by atoms with Crippen LogP contribution in [-0.4, -0.2) is 57.3 Å². The molecule has 0 saturated heterocycles. The van der Waals surface area contributed by atoms with Crippen molar-refractivity contribution < 1.29 is 22.8 Å². The summed E-state index contributed by atoms with van der Waals surface area (Å²) in [6.45, 7) is 1.13. The number of benzene rings is 2. The van der Waals surface area contributed by atoms with Crippen molar-refractivity contribution in [2.45, 2.75) is 23.1 Å². The fourth-order valence-corrected chi connectivity index (χ4v) is 4.26. The fourth-order valence-electron chi connectivity index (χ4n) is 2.68. The number of para-hydroxylation sites is 1. The van der Waals surface area contributed by atoms with Crippen molar-refractivity contribution in [3.63, 3.8) is 0 Å². The number of carbonyl (C=O) groups excluding carboxylic acids is 3. The zero-order valence-electron chi connectivity index (χ0n) is 17.5. The number of nitrogens with one attached hydrogen (secondary N) is 2. The van der Waals surface area contributed by atoms with Crippen LogP contribution in [0.15, 0.2) is 58.3 Å². The number of likely N-dealkylation sites (N-methyl/N-ethyl adjacent to an activating group) is 1. The molecule has 0 aliphatic heterocycles. The summed E-state index contributed by atoms with van der Waals surface area (Å²) in [7, 11) is -2.33. The van der Waals surface area contributed by atoms with Gasteiger partial charge in [-0.15, -0.1) is 11.8 Å². The minimum absolute atomic E-state index is 0.00476. The van der Waals surface area contributed by atoms with Gasteiger partial charge in [-0.2, -0.15) is 0 Å². The van der Waals surface area contributed by atoms with Crippen LogP contribution < -0.4 is 10.0 Å². The van der Waals surface area contributed by atoms with Crippen molar-refractivity contribution in [1.82, 2.24) is 9.62 Å². The van der Waals surface area contributed by atoms with E-state index in [0.29, 0.717) is 11.3 Å². The Labute approximate surface area is 186 Å². The number of hydrogen-bond donors (Lipinski definition) is 2. The average molecular weight is 464 g/mol. The van der Waals surface area contributed by atoms with Crippen molar-refractivity contribution in [3.8, 4) is 0 Å². The van der Waals surface area contributed by atoms with Crippen LogP contribution in [0, 0.1) is 0 Å². The molecule has 0 fully saturated rings. The maximum Gasteiger partial charge on any atom is 0.244 e. The van der Waals surface area contributed by atoms with Crippen LogP contribution >= 0.6 is 11.8 Å². The van der Waals surface area contributed by atoms with Crippen LogP contribution in [0.3, 0.4) is 0 Å². The van der Waals surface area contributed by atoms with E-state index in [0.717, 1.165) is 4.90 Å².